The van der Waals surface area contributed by atoms with Crippen LogP contribution in [0.5, 0.6) is 11.5 Å². The van der Waals surface area contributed by atoms with Gasteiger partial charge in [0.05, 0.1) is 14.2 Å². The van der Waals surface area contributed by atoms with Crippen molar-refractivity contribution in [1.29, 1.82) is 0 Å². The minimum atomic E-state index is 0.215. The van der Waals surface area contributed by atoms with Gasteiger partial charge in [0.2, 0.25) is 5.91 Å². The van der Waals surface area contributed by atoms with Crippen molar-refractivity contribution in [3.63, 3.8) is 0 Å². The molecule has 2 aliphatic rings. The van der Waals surface area contributed by atoms with Crippen LogP contribution in [0.25, 0.3) is 0 Å². The van der Waals surface area contributed by atoms with Gasteiger partial charge in [-0.3, -0.25) is 4.79 Å². The SMILES string of the molecule is COc1ccc(CN2C(=O)C[C@@H]3CC[C@@H](N)C[C@@H]32)c(OC)c1. The fraction of sp³-hybridized carbons (Fsp3) is 0.588. The summed E-state index contributed by atoms with van der Waals surface area (Å²) in [5.41, 5.74) is 7.12. The Hall–Kier alpha value is -1.75. The molecule has 2 fully saturated rings. The van der Waals surface area contributed by atoms with E-state index in [-0.39, 0.29) is 18.0 Å². The molecule has 0 spiro atoms. The zero-order valence-corrected chi connectivity index (χ0v) is 13.2. The van der Waals surface area contributed by atoms with Crippen LogP contribution in [0.15, 0.2) is 18.2 Å². The molecule has 2 N–H and O–H groups in total. The molecule has 22 heavy (non-hydrogen) atoms. The molecule has 5 heteroatoms. The van der Waals surface area contributed by atoms with Crippen LogP contribution in [0.1, 0.15) is 31.2 Å². The zero-order valence-electron chi connectivity index (χ0n) is 13.2. The van der Waals surface area contributed by atoms with Crippen molar-refractivity contribution in [3.05, 3.63) is 23.8 Å². The van der Waals surface area contributed by atoms with E-state index in [0.717, 1.165) is 36.3 Å². The minimum absolute atomic E-state index is 0.215. The molecule has 3 atom stereocenters. The second-order valence-corrected chi connectivity index (χ2v) is 6.30. The lowest BCUT2D eigenvalue weighted by atomic mass is 9.82. The predicted octanol–water partition coefficient (Wildman–Crippen LogP) is 1.93. The average molecular weight is 304 g/mol. The predicted molar refractivity (Wildman–Crippen MR) is 83.8 cm³/mol. The molecule has 1 saturated heterocycles. The number of ether oxygens (including phenoxy) is 2. The highest BCUT2D eigenvalue weighted by molar-refractivity contribution is 5.79. The molecule has 0 radical (unpaired) electrons. The summed E-state index contributed by atoms with van der Waals surface area (Å²) in [7, 11) is 3.27. The molecule has 1 heterocycles. The van der Waals surface area contributed by atoms with Gasteiger partial charge < -0.3 is 20.1 Å². The standard InChI is InChI=1S/C17H24N2O3/c1-21-14-6-4-12(16(9-14)22-2)10-19-15-8-13(18)5-3-11(15)7-17(19)20/h4,6,9,11,13,15H,3,5,7-8,10,18H2,1-2H3/t11-,13+,15-/m0/s1. The number of carbonyl (C=O) groups is 1. The van der Waals surface area contributed by atoms with Gasteiger partial charge in [-0.2, -0.15) is 0 Å². The van der Waals surface area contributed by atoms with E-state index in [1.165, 1.54) is 0 Å². The fourth-order valence-electron chi connectivity index (χ4n) is 3.76. The van der Waals surface area contributed by atoms with Crippen molar-refractivity contribution in [2.45, 2.75) is 44.3 Å². The van der Waals surface area contributed by atoms with Crippen LogP contribution in [-0.2, 0) is 11.3 Å². The number of nitrogens with zero attached hydrogens (tertiary/aromatic N) is 1. The van der Waals surface area contributed by atoms with Crippen molar-refractivity contribution in [2.75, 3.05) is 14.2 Å². The van der Waals surface area contributed by atoms with Gasteiger partial charge in [-0.05, 0) is 37.3 Å². The summed E-state index contributed by atoms with van der Waals surface area (Å²) in [6.45, 7) is 0.583. The summed E-state index contributed by atoms with van der Waals surface area (Å²) in [5, 5.41) is 0. The summed E-state index contributed by atoms with van der Waals surface area (Å²) < 4.78 is 10.7. The lowest BCUT2D eigenvalue weighted by molar-refractivity contribution is -0.129. The first-order valence-electron chi connectivity index (χ1n) is 7.88. The van der Waals surface area contributed by atoms with Gasteiger partial charge in [-0.15, -0.1) is 0 Å². The third-order valence-electron chi connectivity index (χ3n) is 4.99. The van der Waals surface area contributed by atoms with Crippen molar-refractivity contribution in [1.82, 2.24) is 4.90 Å². The van der Waals surface area contributed by atoms with Crippen molar-refractivity contribution in [2.24, 2.45) is 11.7 Å². The second kappa shape index (κ2) is 6.16. The Morgan fingerprint density at radius 2 is 2.09 bits per heavy atom. The number of hydrogen-bond donors (Lipinski definition) is 1. The first-order valence-corrected chi connectivity index (χ1v) is 7.88. The van der Waals surface area contributed by atoms with Crippen molar-refractivity contribution in [3.8, 4) is 11.5 Å². The van der Waals surface area contributed by atoms with E-state index >= 15 is 0 Å². The summed E-state index contributed by atoms with van der Waals surface area (Å²) in [6.07, 6.45) is 3.67. The smallest absolute Gasteiger partial charge is 0.223 e. The van der Waals surface area contributed by atoms with Crippen LogP contribution in [0, 0.1) is 5.92 Å². The Labute approximate surface area is 131 Å². The highest BCUT2D eigenvalue weighted by Crippen LogP contribution is 2.38. The molecule has 3 rings (SSSR count). The minimum Gasteiger partial charge on any atom is -0.497 e. The molecule has 1 aliphatic carbocycles. The Bertz CT molecular complexity index is 561. The van der Waals surface area contributed by atoms with Crippen LogP contribution in [-0.4, -0.2) is 37.1 Å². The summed E-state index contributed by atoms with van der Waals surface area (Å²) in [4.78, 5) is 14.4. The van der Waals surface area contributed by atoms with Crippen LogP contribution >= 0.6 is 0 Å². The van der Waals surface area contributed by atoms with Crippen LogP contribution in [0.2, 0.25) is 0 Å². The molecule has 0 bridgehead atoms. The van der Waals surface area contributed by atoms with E-state index in [1.54, 1.807) is 14.2 Å². The summed E-state index contributed by atoms with van der Waals surface area (Å²) in [6, 6.07) is 6.24. The van der Waals surface area contributed by atoms with E-state index in [4.69, 9.17) is 15.2 Å². The quantitative estimate of drug-likeness (QED) is 0.923. The highest BCUT2D eigenvalue weighted by atomic mass is 16.5. The average Bonchev–Trinajstić information content (AvgIpc) is 2.83. The normalized spacial score (nSPS) is 27.7. The number of nitrogens with two attached hydrogens (primary N) is 1. The molecule has 0 unspecified atom stereocenters. The Kier molecular flexibility index (Phi) is 4.25. The lowest BCUT2D eigenvalue weighted by Crippen LogP contribution is -2.42. The largest absolute Gasteiger partial charge is 0.497 e. The van der Waals surface area contributed by atoms with Crippen molar-refractivity contribution >= 4 is 5.91 Å². The summed E-state index contributed by atoms with van der Waals surface area (Å²) >= 11 is 0. The number of carbonyl (C=O) groups excluding carboxylic acids is 1. The van der Waals surface area contributed by atoms with E-state index < -0.39 is 0 Å². The number of benzene rings is 1. The van der Waals surface area contributed by atoms with E-state index in [9.17, 15) is 4.79 Å². The number of fused-ring (bicyclic) bond motifs is 1. The molecular weight excluding hydrogens is 280 g/mol. The monoisotopic (exact) mass is 304 g/mol. The molecular formula is C17H24N2O3. The number of likely N-dealkylation sites (tertiary alicyclic amines) is 1. The maximum Gasteiger partial charge on any atom is 0.223 e. The molecule has 1 saturated carbocycles. The molecule has 1 aromatic rings. The first-order chi connectivity index (χ1) is 10.6. The van der Waals surface area contributed by atoms with Crippen LogP contribution in [0.4, 0.5) is 0 Å². The summed E-state index contributed by atoms with van der Waals surface area (Å²) in [5.74, 6) is 2.22. The number of amides is 1. The Balaban J connectivity index is 1.81. The Morgan fingerprint density at radius 3 is 2.82 bits per heavy atom. The molecule has 5 nitrogen and oxygen atoms in total. The Morgan fingerprint density at radius 1 is 1.27 bits per heavy atom. The zero-order chi connectivity index (χ0) is 15.7. The van der Waals surface area contributed by atoms with Crippen molar-refractivity contribution < 1.29 is 14.3 Å². The fourth-order valence-corrected chi connectivity index (χ4v) is 3.76. The molecule has 1 amide bonds. The maximum atomic E-state index is 12.4. The number of methoxy groups -OCH3 is 2. The first kappa shape index (κ1) is 15.2. The highest BCUT2D eigenvalue weighted by Gasteiger charge is 2.42. The van der Waals surface area contributed by atoms with Gasteiger partial charge in [0.25, 0.3) is 0 Å². The van der Waals surface area contributed by atoms with Gasteiger partial charge in [0.1, 0.15) is 11.5 Å². The van der Waals surface area contributed by atoms with E-state index in [1.807, 2.05) is 23.1 Å². The molecule has 1 aromatic carbocycles. The van der Waals surface area contributed by atoms with Gasteiger partial charge in [0.15, 0.2) is 0 Å². The third-order valence-corrected chi connectivity index (χ3v) is 4.99. The molecule has 0 aromatic heterocycles. The van der Waals surface area contributed by atoms with Gasteiger partial charge >= 0.3 is 0 Å². The van der Waals surface area contributed by atoms with Crippen LogP contribution in [0.3, 0.4) is 0 Å². The van der Waals surface area contributed by atoms with Gasteiger partial charge in [0, 0.05) is 36.7 Å². The van der Waals surface area contributed by atoms with E-state index in [0.29, 0.717) is 18.9 Å². The number of rotatable bonds is 4. The maximum absolute atomic E-state index is 12.4. The second-order valence-electron chi connectivity index (χ2n) is 6.30. The molecule has 1 aliphatic heterocycles. The van der Waals surface area contributed by atoms with Crippen LogP contribution < -0.4 is 15.2 Å². The van der Waals surface area contributed by atoms with Gasteiger partial charge in [-0.25, -0.2) is 0 Å². The molecule has 120 valence electrons. The van der Waals surface area contributed by atoms with E-state index in [2.05, 4.69) is 0 Å². The topological polar surface area (TPSA) is 64.8 Å². The third kappa shape index (κ3) is 2.77. The van der Waals surface area contributed by atoms with Gasteiger partial charge in [-0.1, -0.05) is 0 Å². The lowest BCUT2D eigenvalue weighted by Gasteiger charge is -2.34. The number of hydrogen-bond acceptors (Lipinski definition) is 4.